The molecular weight excluding hydrogens is 346 g/mol. The molecule has 0 radical (unpaired) electrons. The van der Waals surface area contributed by atoms with E-state index in [9.17, 15) is 9.90 Å². The van der Waals surface area contributed by atoms with Crippen molar-refractivity contribution in [2.75, 3.05) is 7.11 Å². The highest BCUT2D eigenvalue weighted by Crippen LogP contribution is 2.32. The number of benzene rings is 2. The van der Waals surface area contributed by atoms with Crippen LogP contribution in [0.5, 0.6) is 23.1 Å². The number of rotatable bonds is 7. The van der Waals surface area contributed by atoms with Crippen LogP contribution in [0.25, 0.3) is 5.57 Å². The lowest BCUT2D eigenvalue weighted by molar-refractivity contribution is -0.130. The standard InChI is InChI=1S/C21H17NO5/c1-25-14-18(21(23)24)15-9-11-17(12-10-15)27-20-19(8-5-13-22-20)26-16-6-3-2-4-7-16/h2-14H,1H3,(H,23,24). The fraction of sp³-hybridized carbons (Fsp3) is 0.0476. The maximum atomic E-state index is 11.3. The molecule has 2 aromatic carbocycles. The van der Waals surface area contributed by atoms with E-state index in [1.165, 1.54) is 13.4 Å². The summed E-state index contributed by atoms with van der Waals surface area (Å²) in [6.45, 7) is 0. The summed E-state index contributed by atoms with van der Waals surface area (Å²) in [6, 6.07) is 19.4. The Morgan fingerprint density at radius 2 is 1.63 bits per heavy atom. The van der Waals surface area contributed by atoms with E-state index in [2.05, 4.69) is 4.98 Å². The Kier molecular flexibility index (Phi) is 5.69. The zero-order valence-corrected chi connectivity index (χ0v) is 14.5. The number of methoxy groups -OCH3 is 1. The van der Waals surface area contributed by atoms with Gasteiger partial charge in [-0.15, -0.1) is 0 Å². The van der Waals surface area contributed by atoms with Crippen LogP contribution in [0.1, 0.15) is 5.56 Å². The zero-order valence-electron chi connectivity index (χ0n) is 14.5. The van der Waals surface area contributed by atoms with Gasteiger partial charge >= 0.3 is 5.97 Å². The van der Waals surface area contributed by atoms with Crippen molar-refractivity contribution >= 4 is 11.5 Å². The Morgan fingerprint density at radius 1 is 0.926 bits per heavy atom. The summed E-state index contributed by atoms with van der Waals surface area (Å²) in [5.41, 5.74) is 0.550. The highest BCUT2D eigenvalue weighted by Gasteiger charge is 2.12. The van der Waals surface area contributed by atoms with Gasteiger partial charge < -0.3 is 19.3 Å². The number of hydrogen-bond donors (Lipinski definition) is 1. The molecule has 0 saturated heterocycles. The third kappa shape index (κ3) is 4.64. The first kappa shape index (κ1) is 18.0. The number of hydrogen-bond acceptors (Lipinski definition) is 5. The molecule has 136 valence electrons. The Bertz CT molecular complexity index is 936. The van der Waals surface area contributed by atoms with E-state index in [1.807, 2.05) is 30.3 Å². The van der Waals surface area contributed by atoms with Gasteiger partial charge in [0.2, 0.25) is 0 Å². The van der Waals surface area contributed by atoms with Crippen LogP contribution in [0.4, 0.5) is 0 Å². The maximum absolute atomic E-state index is 11.3. The number of pyridine rings is 1. The Balaban J connectivity index is 1.80. The monoisotopic (exact) mass is 363 g/mol. The summed E-state index contributed by atoms with van der Waals surface area (Å²) in [7, 11) is 1.40. The van der Waals surface area contributed by atoms with Gasteiger partial charge in [0.1, 0.15) is 17.1 Å². The summed E-state index contributed by atoms with van der Waals surface area (Å²) in [5.74, 6) is 0.867. The molecule has 0 unspecified atom stereocenters. The summed E-state index contributed by atoms with van der Waals surface area (Å²) in [4.78, 5) is 15.5. The first-order valence-electron chi connectivity index (χ1n) is 8.10. The molecule has 6 nitrogen and oxygen atoms in total. The van der Waals surface area contributed by atoms with E-state index in [0.29, 0.717) is 28.7 Å². The molecule has 3 rings (SSSR count). The molecule has 1 N–H and O–H groups in total. The lowest BCUT2D eigenvalue weighted by Crippen LogP contribution is -2.00. The summed E-state index contributed by atoms with van der Waals surface area (Å²) in [6.07, 6.45) is 2.79. The molecule has 0 amide bonds. The van der Waals surface area contributed by atoms with E-state index >= 15 is 0 Å². The van der Waals surface area contributed by atoms with E-state index < -0.39 is 5.97 Å². The molecule has 1 aromatic heterocycles. The lowest BCUT2D eigenvalue weighted by Gasteiger charge is -2.11. The lowest BCUT2D eigenvalue weighted by atomic mass is 10.1. The Hall–Kier alpha value is -3.80. The number of aromatic nitrogens is 1. The molecule has 0 fully saturated rings. The SMILES string of the molecule is COC=C(C(=O)O)c1ccc(Oc2ncccc2Oc2ccccc2)cc1. The average Bonchev–Trinajstić information content (AvgIpc) is 2.69. The van der Waals surface area contributed by atoms with Crippen molar-refractivity contribution in [1.29, 1.82) is 0 Å². The fourth-order valence-electron chi connectivity index (χ4n) is 2.32. The van der Waals surface area contributed by atoms with Gasteiger partial charge in [0.15, 0.2) is 5.75 Å². The van der Waals surface area contributed by atoms with E-state index in [1.54, 1.807) is 42.6 Å². The Labute approximate surface area is 156 Å². The van der Waals surface area contributed by atoms with Gasteiger partial charge in [-0.05, 0) is 42.0 Å². The summed E-state index contributed by atoms with van der Waals surface area (Å²) < 4.78 is 16.4. The van der Waals surface area contributed by atoms with Crippen LogP contribution >= 0.6 is 0 Å². The number of carboxylic acids is 1. The van der Waals surface area contributed by atoms with E-state index in [0.717, 1.165) is 0 Å². The molecule has 3 aromatic rings. The van der Waals surface area contributed by atoms with Crippen molar-refractivity contribution in [2.45, 2.75) is 0 Å². The largest absolute Gasteiger partial charge is 0.503 e. The number of nitrogens with zero attached hydrogens (tertiary/aromatic N) is 1. The topological polar surface area (TPSA) is 77.9 Å². The first-order chi connectivity index (χ1) is 13.2. The van der Waals surface area contributed by atoms with Gasteiger partial charge in [0.05, 0.1) is 13.4 Å². The number of para-hydroxylation sites is 1. The normalized spacial score (nSPS) is 10.9. The summed E-state index contributed by atoms with van der Waals surface area (Å²) in [5, 5.41) is 9.23. The number of ether oxygens (including phenoxy) is 3. The number of carboxylic acid groups (broad SMARTS) is 1. The molecule has 0 aliphatic carbocycles. The third-order valence-electron chi connectivity index (χ3n) is 3.55. The van der Waals surface area contributed by atoms with Crippen molar-refractivity contribution in [1.82, 2.24) is 4.98 Å². The van der Waals surface area contributed by atoms with Gasteiger partial charge in [-0.1, -0.05) is 30.3 Å². The maximum Gasteiger partial charge on any atom is 0.339 e. The van der Waals surface area contributed by atoms with Crippen LogP contribution in [-0.4, -0.2) is 23.2 Å². The van der Waals surface area contributed by atoms with Crippen LogP contribution in [0.15, 0.2) is 79.2 Å². The van der Waals surface area contributed by atoms with Crippen LogP contribution in [0.3, 0.4) is 0 Å². The molecule has 1 heterocycles. The second kappa shape index (κ2) is 8.53. The van der Waals surface area contributed by atoms with Gasteiger partial charge in [0, 0.05) is 6.20 Å². The molecule has 6 heteroatoms. The molecule has 0 aliphatic heterocycles. The highest BCUT2D eigenvalue weighted by molar-refractivity contribution is 6.15. The van der Waals surface area contributed by atoms with Gasteiger partial charge in [-0.25, -0.2) is 9.78 Å². The van der Waals surface area contributed by atoms with Crippen LogP contribution in [0.2, 0.25) is 0 Å². The number of aliphatic carboxylic acids is 1. The van der Waals surface area contributed by atoms with Crippen LogP contribution in [0, 0.1) is 0 Å². The van der Waals surface area contributed by atoms with Crippen molar-refractivity contribution in [3.8, 4) is 23.1 Å². The van der Waals surface area contributed by atoms with Crippen LogP contribution in [-0.2, 0) is 9.53 Å². The van der Waals surface area contributed by atoms with Crippen molar-refractivity contribution in [3.63, 3.8) is 0 Å². The fourth-order valence-corrected chi connectivity index (χ4v) is 2.32. The molecule has 0 spiro atoms. The number of carbonyl (C=O) groups is 1. The van der Waals surface area contributed by atoms with E-state index in [-0.39, 0.29) is 5.57 Å². The second-order valence-electron chi connectivity index (χ2n) is 5.42. The minimum atomic E-state index is -1.08. The minimum absolute atomic E-state index is 0.0509. The average molecular weight is 363 g/mol. The smallest absolute Gasteiger partial charge is 0.339 e. The molecule has 0 aliphatic rings. The molecule has 0 saturated carbocycles. The predicted molar refractivity (Wildman–Crippen MR) is 99.9 cm³/mol. The molecule has 0 bridgehead atoms. The quantitative estimate of drug-likeness (QED) is 0.483. The first-order valence-corrected chi connectivity index (χ1v) is 8.10. The third-order valence-corrected chi connectivity index (χ3v) is 3.55. The zero-order chi connectivity index (χ0) is 19.1. The van der Waals surface area contributed by atoms with Crippen LogP contribution < -0.4 is 9.47 Å². The molecule has 0 atom stereocenters. The summed E-state index contributed by atoms with van der Waals surface area (Å²) >= 11 is 0. The van der Waals surface area contributed by atoms with Gasteiger partial charge in [-0.3, -0.25) is 0 Å². The highest BCUT2D eigenvalue weighted by atomic mass is 16.5. The van der Waals surface area contributed by atoms with Gasteiger partial charge in [0.25, 0.3) is 5.88 Å². The minimum Gasteiger partial charge on any atom is -0.503 e. The predicted octanol–water partition coefficient (Wildman–Crippen LogP) is 4.74. The van der Waals surface area contributed by atoms with E-state index in [4.69, 9.17) is 14.2 Å². The molecular formula is C21H17NO5. The Morgan fingerprint density at radius 3 is 2.30 bits per heavy atom. The van der Waals surface area contributed by atoms with Crippen molar-refractivity contribution in [3.05, 3.63) is 84.8 Å². The second-order valence-corrected chi connectivity index (χ2v) is 5.42. The molecule has 27 heavy (non-hydrogen) atoms. The van der Waals surface area contributed by atoms with Gasteiger partial charge in [-0.2, -0.15) is 0 Å². The van der Waals surface area contributed by atoms with Crippen molar-refractivity contribution < 1.29 is 24.1 Å². The van der Waals surface area contributed by atoms with Crippen molar-refractivity contribution in [2.24, 2.45) is 0 Å².